The Labute approximate surface area is 132 Å². The van der Waals surface area contributed by atoms with Gasteiger partial charge < -0.3 is 20.3 Å². The van der Waals surface area contributed by atoms with Gasteiger partial charge in [0.05, 0.1) is 6.61 Å². The summed E-state index contributed by atoms with van der Waals surface area (Å²) in [6, 6.07) is 3.62. The van der Waals surface area contributed by atoms with Crippen LogP contribution in [0.15, 0.2) is 18.3 Å². The summed E-state index contributed by atoms with van der Waals surface area (Å²) in [5.74, 6) is 1.14. The Morgan fingerprint density at radius 1 is 1.45 bits per heavy atom. The number of ether oxygens (including phenoxy) is 1. The Bertz CT molecular complexity index is 481. The number of pyridine rings is 1. The molecule has 1 aliphatic heterocycles. The van der Waals surface area contributed by atoms with E-state index < -0.39 is 0 Å². The number of likely N-dealkylation sites (tertiary alicyclic amines) is 1. The molecule has 1 aliphatic rings. The Hall–Kier alpha value is -1.82. The number of urea groups is 1. The number of hydrogen-bond acceptors (Lipinski definition) is 4. The first-order valence-corrected chi connectivity index (χ1v) is 8.03. The summed E-state index contributed by atoms with van der Waals surface area (Å²) in [7, 11) is 0. The predicted octanol–water partition coefficient (Wildman–Crippen LogP) is 1.62. The first kappa shape index (κ1) is 16.5. The van der Waals surface area contributed by atoms with E-state index in [-0.39, 0.29) is 6.03 Å². The van der Waals surface area contributed by atoms with Crippen LogP contribution in [0.5, 0.6) is 5.88 Å². The lowest BCUT2D eigenvalue weighted by atomic mass is 10.1. The lowest BCUT2D eigenvalue weighted by molar-refractivity contribution is 0.238. The molecule has 0 radical (unpaired) electrons. The van der Waals surface area contributed by atoms with E-state index in [1.54, 1.807) is 6.20 Å². The van der Waals surface area contributed by atoms with E-state index in [2.05, 4.69) is 27.4 Å². The smallest absolute Gasteiger partial charge is 0.315 e. The van der Waals surface area contributed by atoms with E-state index in [0.29, 0.717) is 24.9 Å². The molecule has 0 saturated carbocycles. The SMILES string of the molecule is CCOc1ncccc1CNC(=O)NC[C@@H]1CCN(CC)C1. The van der Waals surface area contributed by atoms with Gasteiger partial charge in [-0.3, -0.25) is 0 Å². The van der Waals surface area contributed by atoms with E-state index in [9.17, 15) is 4.79 Å². The minimum Gasteiger partial charge on any atom is -0.478 e. The van der Waals surface area contributed by atoms with Crippen molar-refractivity contribution in [2.75, 3.05) is 32.8 Å². The second-order valence-corrected chi connectivity index (χ2v) is 5.51. The van der Waals surface area contributed by atoms with Gasteiger partial charge in [0.25, 0.3) is 0 Å². The normalized spacial score (nSPS) is 18.2. The highest BCUT2D eigenvalue weighted by Gasteiger charge is 2.21. The van der Waals surface area contributed by atoms with Crippen LogP contribution in [0.2, 0.25) is 0 Å². The van der Waals surface area contributed by atoms with Crippen LogP contribution in [0.4, 0.5) is 4.79 Å². The van der Waals surface area contributed by atoms with E-state index >= 15 is 0 Å². The van der Waals surface area contributed by atoms with Crippen molar-refractivity contribution in [3.63, 3.8) is 0 Å². The van der Waals surface area contributed by atoms with Gasteiger partial charge in [-0.15, -0.1) is 0 Å². The van der Waals surface area contributed by atoms with Crippen LogP contribution < -0.4 is 15.4 Å². The zero-order valence-electron chi connectivity index (χ0n) is 13.5. The maximum absolute atomic E-state index is 11.9. The summed E-state index contributed by atoms with van der Waals surface area (Å²) >= 11 is 0. The second kappa shape index (κ2) is 8.58. The summed E-state index contributed by atoms with van der Waals surface area (Å²) in [4.78, 5) is 18.5. The van der Waals surface area contributed by atoms with Gasteiger partial charge in [0.1, 0.15) is 0 Å². The third-order valence-corrected chi connectivity index (χ3v) is 3.94. The number of nitrogens with zero attached hydrogens (tertiary/aromatic N) is 2. The van der Waals surface area contributed by atoms with Gasteiger partial charge in [-0.2, -0.15) is 0 Å². The minimum atomic E-state index is -0.138. The molecule has 1 atom stereocenters. The quantitative estimate of drug-likeness (QED) is 0.803. The molecule has 0 spiro atoms. The van der Waals surface area contributed by atoms with Crippen molar-refractivity contribution in [2.45, 2.75) is 26.8 Å². The zero-order chi connectivity index (χ0) is 15.8. The van der Waals surface area contributed by atoms with Gasteiger partial charge in [0, 0.05) is 31.4 Å². The number of amides is 2. The van der Waals surface area contributed by atoms with Crippen molar-refractivity contribution in [1.82, 2.24) is 20.5 Å². The molecule has 2 rings (SSSR count). The molecule has 6 heteroatoms. The number of nitrogens with one attached hydrogen (secondary N) is 2. The molecule has 2 heterocycles. The summed E-state index contributed by atoms with van der Waals surface area (Å²) < 4.78 is 5.45. The van der Waals surface area contributed by atoms with Crippen LogP contribution in [0.25, 0.3) is 0 Å². The fourth-order valence-electron chi connectivity index (χ4n) is 2.67. The van der Waals surface area contributed by atoms with Gasteiger partial charge in [-0.25, -0.2) is 9.78 Å². The monoisotopic (exact) mass is 306 g/mol. The van der Waals surface area contributed by atoms with Crippen molar-refractivity contribution >= 4 is 6.03 Å². The molecular formula is C16H26N4O2. The van der Waals surface area contributed by atoms with Crippen LogP contribution in [-0.2, 0) is 6.54 Å². The summed E-state index contributed by atoms with van der Waals surface area (Å²) in [5.41, 5.74) is 0.887. The highest BCUT2D eigenvalue weighted by Crippen LogP contribution is 2.15. The van der Waals surface area contributed by atoms with Crippen molar-refractivity contribution in [3.8, 4) is 5.88 Å². The highest BCUT2D eigenvalue weighted by atomic mass is 16.5. The molecule has 0 bridgehead atoms. The molecule has 0 aromatic carbocycles. The Morgan fingerprint density at radius 3 is 3.05 bits per heavy atom. The lowest BCUT2D eigenvalue weighted by Gasteiger charge is -2.14. The fourth-order valence-corrected chi connectivity index (χ4v) is 2.67. The first-order chi connectivity index (χ1) is 10.7. The fraction of sp³-hybridized carbons (Fsp3) is 0.625. The van der Waals surface area contributed by atoms with E-state index in [1.807, 2.05) is 19.1 Å². The molecule has 6 nitrogen and oxygen atoms in total. The first-order valence-electron chi connectivity index (χ1n) is 8.03. The third kappa shape index (κ3) is 4.87. The van der Waals surface area contributed by atoms with E-state index in [4.69, 9.17) is 4.74 Å². The number of carbonyl (C=O) groups excluding carboxylic acids is 1. The lowest BCUT2D eigenvalue weighted by Crippen LogP contribution is -2.38. The largest absolute Gasteiger partial charge is 0.478 e. The summed E-state index contributed by atoms with van der Waals surface area (Å²) in [6.07, 6.45) is 2.85. The van der Waals surface area contributed by atoms with Crippen molar-refractivity contribution < 1.29 is 9.53 Å². The summed E-state index contributed by atoms with van der Waals surface area (Å²) in [6.45, 7) is 9.10. The van der Waals surface area contributed by atoms with Crippen molar-refractivity contribution in [1.29, 1.82) is 0 Å². The van der Waals surface area contributed by atoms with Crippen LogP contribution in [0.1, 0.15) is 25.8 Å². The average molecular weight is 306 g/mol. The highest BCUT2D eigenvalue weighted by molar-refractivity contribution is 5.73. The molecule has 1 aromatic rings. The van der Waals surface area contributed by atoms with Gasteiger partial charge >= 0.3 is 6.03 Å². The molecule has 122 valence electrons. The standard InChI is InChI=1S/C16H26N4O2/c1-3-20-9-7-13(12-20)10-18-16(21)19-11-14-6-5-8-17-15(14)22-4-2/h5-6,8,13H,3-4,7,9-12H2,1-2H3,(H2,18,19,21)/t13-/m0/s1. The minimum absolute atomic E-state index is 0.138. The Kier molecular flexibility index (Phi) is 6.45. The topological polar surface area (TPSA) is 66.5 Å². The van der Waals surface area contributed by atoms with Gasteiger partial charge in [0.2, 0.25) is 5.88 Å². The Morgan fingerprint density at radius 2 is 2.32 bits per heavy atom. The Balaban J connectivity index is 1.72. The number of aromatic nitrogens is 1. The number of hydrogen-bond donors (Lipinski definition) is 2. The molecule has 22 heavy (non-hydrogen) atoms. The number of rotatable bonds is 7. The number of carbonyl (C=O) groups is 1. The van der Waals surface area contributed by atoms with E-state index in [0.717, 1.165) is 38.2 Å². The molecule has 2 amide bonds. The van der Waals surface area contributed by atoms with E-state index in [1.165, 1.54) is 0 Å². The molecular weight excluding hydrogens is 280 g/mol. The molecule has 1 fully saturated rings. The van der Waals surface area contributed by atoms with Gasteiger partial charge in [-0.05, 0) is 38.4 Å². The maximum Gasteiger partial charge on any atom is 0.315 e. The zero-order valence-corrected chi connectivity index (χ0v) is 13.5. The molecule has 0 aliphatic carbocycles. The van der Waals surface area contributed by atoms with Crippen LogP contribution >= 0.6 is 0 Å². The summed E-state index contributed by atoms with van der Waals surface area (Å²) in [5, 5.41) is 5.82. The molecule has 0 unspecified atom stereocenters. The second-order valence-electron chi connectivity index (χ2n) is 5.51. The molecule has 2 N–H and O–H groups in total. The van der Waals surface area contributed by atoms with Gasteiger partial charge in [-0.1, -0.05) is 13.0 Å². The van der Waals surface area contributed by atoms with Crippen LogP contribution in [0.3, 0.4) is 0 Å². The maximum atomic E-state index is 11.9. The van der Waals surface area contributed by atoms with Gasteiger partial charge in [0.15, 0.2) is 0 Å². The average Bonchev–Trinajstić information content (AvgIpc) is 3.00. The molecule has 1 aromatic heterocycles. The van der Waals surface area contributed by atoms with Crippen LogP contribution in [0, 0.1) is 5.92 Å². The predicted molar refractivity (Wildman–Crippen MR) is 85.9 cm³/mol. The van der Waals surface area contributed by atoms with Crippen molar-refractivity contribution in [2.24, 2.45) is 5.92 Å². The molecule has 1 saturated heterocycles. The van der Waals surface area contributed by atoms with Crippen LogP contribution in [-0.4, -0.2) is 48.7 Å². The van der Waals surface area contributed by atoms with Crippen molar-refractivity contribution in [3.05, 3.63) is 23.9 Å². The third-order valence-electron chi connectivity index (χ3n) is 3.94.